The van der Waals surface area contributed by atoms with Gasteiger partial charge in [0.05, 0.1) is 24.1 Å². The Morgan fingerprint density at radius 2 is 2.15 bits per heavy atom. The lowest BCUT2D eigenvalue weighted by molar-refractivity contribution is 0.322. The lowest BCUT2D eigenvalue weighted by Gasteiger charge is -2.23. The number of anilines is 2. The normalized spacial score (nSPS) is 14.1. The topological polar surface area (TPSA) is 64.3 Å². The number of hydrogen-bond acceptors (Lipinski definition) is 5. The Morgan fingerprint density at radius 1 is 1.30 bits per heavy atom. The van der Waals surface area contributed by atoms with Gasteiger partial charge in [0.25, 0.3) is 0 Å². The van der Waals surface area contributed by atoms with Crippen molar-refractivity contribution < 1.29 is 4.74 Å². The van der Waals surface area contributed by atoms with Crippen LogP contribution < -0.4 is 15.4 Å². The van der Waals surface area contributed by atoms with Gasteiger partial charge < -0.3 is 15.4 Å². The first kappa shape index (κ1) is 12.8. The Balaban J connectivity index is 2.13. The molecular weight excluding hydrogens is 272 g/mol. The number of thiocarbonyl (C=S) groups is 1. The molecule has 20 heavy (non-hydrogen) atoms. The number of hydrogen-bond donors (Lipinski definition) is 1. The van der Waals surface area contributed by atoms with E-state index in [0.29, 0.717) is 17.4 Å². The maximum absolute atomic E-state index is 5.79. The third kappa shape index (κ3) is 2.30. The van der Waals surface area contributed by atoms with Crippen LogP contribution in [0.4, 0.5) is 11.5 Å². The van der Waals surface area contributed by atoms with Crippen LogP contribution in [0, 0.1) is 0 Å². The number of nitrogens with two attached hydrogens (primary N) is 1. The Hall–Kier alpha value is -2.21. The molecule has 0 saturated heterocycles. The van der Waals surface area contributed by atoms with Crippen molar-refractivity contribution in [2.75, 3.05) is 18.1 Å². The van der Waals surface area contributed by atoms with Gasteiger partial charge in [-0.2, -0.15) is 5.10 Å². The number of fused-ring (bicyclic) bond motifs is 1. The van der Waals surface area contributed by atoms with Crippen LogP contribution in [0.5, 0.6) is 5.75 Å². The second-order valence-electron chi connectivity index (χ2n) is 4.45. The van der Waals surface area contributed by atoms with Crippen LogP contribution in [0.1, 0.15) is 12.0 Å². The molecule has 1 aromatic carbocycles. The third-order valence-corrected chi connectivity index (χ3v) is 3.38. The number of rotatable bonds is 2. The van der Waals surface area contributed by atoms with Crippen LogP contribution in [0.3, 0.4) is 0 Å². The molecule has 0 spiro atoms. The van der Waals surface area contributed by atoms with Crippen molar-refractivity contribution in [3.8, 4) is 5.75 Å². The minimum atomic E-state index is 0.317. The smallest absolute Gasteiger partial charge is 0.166 e. The van der Waals surface area contributed by atoms with E-state index in [9.17, 15) is 0 Å². The first-order valence-electron chi connectivity index (χ1n) is 6.38. The molecule has 0 amide bonds. The molecule has 0 saturated carbocycles. The molecule has 1 aliphatic rings. The minimum Gasteiger partial charge on any atom is -0.491 e. The predicted octanol–water partition coefficient (Wildman–Crippen LogP) is 2.03. The van der Waals surface area contributed by atoms with Gasteiger partial charge in [-0.1, -0.05) is 24.4 Å². The van der Waals surface area contributed by atoms with E-state index in [4.69, 9.17) is 22.7 Å². The highest BCUT2D eigenvalue weighted by Crippen LogP contribution is 2.35. The van der Waals surface area contributed by atoms with E-state index >= 15 is 0 Å². The Morgan fingerprint density at radius 3 is 3.00 bits per heavy atom. The molecule has 2 heterocycles. The molecule has 0 unspecified atom stereocenters. The number of nitrogens with zero attached hydrogens (tertiary/aromatic N) is 3. The van der Waals surface area contributed by atoms with Crippen molar-refractivity contribution in [1.82, 2.24) is 10.2 Å². The summed E-state index contributed by atoms with van der Waals surface area (Å²) in [5.41, 5.74) is 7.48. The van der Waals surface area contributed by atoms with Crippen molar-refractivity contribution >= 4 is 28.7 Å². The van der Waals surface area contributed by atoms with Gasteiger partial charge >= 0.3 is 0 Å². The molecular formula is C14H14N4OS. The minimum absolute atomic E-state index is 0.317. The molecule has 0 bridgehead atoms. The molecule has 1 aliphatic heterocycles. The zero-order valence-electron chi connectivity index (χ0n) is 10.8. The van der Waals surface area contributed by atoms with Gasteiger partial charge in [0, 0.05) is 6.54 Å². The molecule has 0 aliphatic carbocycles. The standard InChI is InChI=1S/C14H14N4OS/c15-13(20)10-6-7-16-17-14(10)18-8-3-9-19-12-5-2-1-4-11(12)18/h1-2,4-7H,3,8-9H2,(H2,15,20). The first-order chi connectivity index (χ1) is 9.77. The van der Waals surface area contributed by atoms with Crippen molar-refractivity contribution in [3.63, 3.8) is 0 Å². The lowest BCUT2D eigenvalue weighted by Crippen LogP contribution is -2.24. The molecule has 6 heteroatoms. The van der Waals surface area contributed by atoms with Crippen LogP contribution in [0.2, 0.25) is 0 Å². The van der Waals surface area contributed by atoms with Crippen molar-refractivity contribution in [3.05, 3.63) is 42.1 Å². The van der Waals surface area contributed by atoms with E-state index in [1.165, 1.54) is 0 Å². The summed E-state index contributed by atoms with van der Waals surface area (Å²) < 4.78 is 5.75. The maximum Gasteiger partial charge on any atom is 0.166 e. The largest absolute Gasteiger partial charge is 0.491 e. The number of benzene rings is 1. The first-order valence-corrected chi connectivity index (χ1v) is 6.79. The molecule has 3 rings (SSSR count). The lowest BCUT2D eigenvalue weighted by atomic mass is 10.2. The quantitative estimate of drug-likeness (QED) is 0.852. The van der Waals surface area contributed by atoms with Crippen LogP contribution in [-0.4, -0.2) is 28.3 Å². The van der Waals surface area contributed by atoms with Crippen LogP contribution >= 0.6 is 12.2 Å². The zero-order valence-corrected chi connectivity index (χ0v) is 11.6. The summed E-state index contributed by atoms with van der Waals surface area (Å²) in [6.45, 7) is 1.46. The van der Waals surface area contributed by atoms with E-state index in [1.807, 2.05) is 24.3 Å². The molecule has 0 atom stereocenters. The van der Waals surface area contributed by atoms with Crippen molar-refractivity contribution in [1.29, 1.82) is 0 Å². The van der Waals surface area contributed by atoms with Crippen molar-refractivity contribution in [2.24, 2.45) is 5.73 Å². The average Bonchev–Trinajstić information content (AvgIpc) is 2.69. The summed E-state index contributed by atoms with van der Waals surface area (Å²) in [5, 5.41) is 8.18. The average molecular weight is 286 g/mol. The fraction of sp³-hybridized carbons (Fsp3) is 0.214. The Labute approximate surface area is 122 Å². The van der Waals surface area contributed by atoms with E-state index in [2.05, 4.69) is 15.1 Å². The SMILES string of the molecule is NC(=S)c1ccnnc1N1CCCOc2ccccc21. The molecule has 1 aromatic heterocycles. The molecule has 0 radical (unpaired) electrons. The van der Waals surface area contributed by atoms with Gasteiger partial charge in [0.15, 0.2) is 5.82 Å². The van der Waals surface area contributed by atoms with Crippen LogP contribution in [-0.2, 0) is 0 Å². The van der Waals surface area contributed by atoms with Crippen LogP contribution in [0.15, 0.2) is 36.5 Å². The highest BCUT2D eigenvalue weighted by atomic mass is 32.1. The van der Waals surface area contributed by atoms with Gasteiger partial charge in [-0.05, 0) is 24.6 Å². The number of para-hydroxylation sites is 2. The summed E-state index contributed by atoms with van der Waals surface area (Å²) in [5.74, 6) is 1.52. The number of aromatic nitrogens is 2. The predicted molar refractivity (Wildman–Crippen MR) is 81.5 cm³/mol. The van der Waals surface area contributed by atoms with E-state index < -0.39 is 0 Å². The Kier molecular flexibility index (Phi) is 3.47. The fourth-order valence-electron chi connectivity index (χ4n) is 2.26. The second-order valence-corrected chi connectivity index (χ2v) is 4.89. The molecule has 2 N–H and O–H groups in total. The zero-order chi connectivity index (χ0) is 13.9. The summed E-state index contributed by atoms with van der Waals surface area (Å²) in [6.07, 6.45) is 2.49. The van der Waals surface area contributed by atoms with E-state index in [0.717, 1.165) is 30.0 Å². The van der Waals surface area contributed by atoms with Crippen LogP contribution in [0.25, 0.3) is 0 Å². The monoisotopic (exact) mass is 286 g/mol. The Bertz CT molecular complexity index is 647. The van der Waals surface area contributed by atoms with Gasteiger partial charge in [0.1, 0.15) is 10.7 Å². The van der Waals surface area contributed by atoms with Gasteiger partial charge in [-0.15, -0.1) is 5.10 Å². The molecule has 2 aromatic rings. The van der Waals surface area contributed by atoms with Crippen molar-refractivity contribution in [2.45, 2.75) is 6.42 Å². The second kappa shape index (κ2) is 5.42. The van der Waals surface area contributed by atoms with Gasteiger partial charge in [-0.3, -0.25) is 0 Å². The fourth-order valence-corrected chi connectivity index (χ4v) is 2.42. The van der Waals surface area contributed by atoms with Gasteiger partial charge in [0.2, 0.25) is 0 Å². The molecule has 0 fully saturated rings. The van der Waals surface area contributed by atoms with E-state index in [-0.39, 0.29) is 0 Å². The summed E-state index contributed by atoms with van der Waals surface area (Å²) >= 11 is 5.10. The van der Waals surface area contributed by atoms with Gasteiger partial charge in [-0.25, -0.2) is 0 Å². The number of ether oxygens (including phenoxy) is 1. The summed E-state index contributed by atoms with van der Waals surface area (Å²) in [4.78, 5) is 2.38. The molecule has 5 nitrogen and oxygen atoms in total. The molecule has 102 valence electrons. The maximum atomic E-state index is 5.79. The summed E-state index contributed by atoms with van der Waals surface area (Å²) in [6, 6.07) is 9.66. The van der Waals surface area contributed by atoms with E-state index in [1.54, 1.807) is 12.3 Å². The highest BCUT2D eigenvalue weighted by molar-refractivity contribution is 7.80. The third-order valence-electron chi connectivity index (χ3n) is 3.16. The summed E-state index contributed by atoms with van der Waals surface area (Å²) in [7, 11) is 0. The highest BCUT2D eigenvalue weighted by Gasteiger charge is 2.21.